The first-order chi connectivity index (χ1) is 12.4. The molecule has 0 aliphatic carbocycles. The number of carbonyl (C=O) groups excluding carboxylic acids is 2. The van der Waals surface area contributed by atoms with Crippen LogP contribution in [0.2, 0.25) is 0 Å². The lowest BCUT2D eigenvalue weighted by atomic mass is 10.1. The summed E-state index contributed by atoms with van der Waals surface area (Å²) in [5.41, 5.74) is 4.67. The number of methoxy groups -OCH3 is 1. The van der Waals surface area contributed by atoms with Gasteiger partial charge in [0.05, 0.1) is 17.3 Å². The number of esters is 1. The smallest absolute Gasteiger partial charge is 0.325 e. The van der Waals surface area contributed by atoms with E-state index in [9.17, 15) is 9.59 Å². The molecule has 1 heterocycles. The maximum absolute atomic E-state index is 12.6. The van der Waals surface area contributed by atoms with Gasteiger partial charge in [-0.2, -0.15) is 4.99 Å². The van der Waals surface area contributed by atoms with Gasteiger partial charge in [0.2, 0.25) is 0 Å². The molecule has 134 valence electrons. The minimum absolute atomic E-state index is 0.0125. The van der Waals surface area contributed by atoms with Crippen LogP contribution in [0.15, 0.2) is 41.4 Å². The number of ether oxygens (including phenoxy) is 1. The summed E-state index contributed by atoms with van der Waals surface area (Å²) in [5.74, 6) is -0.708. The lowest BCUT2D eigenvalue weighted by molar-refractivity contribution is -0.141. The number of aromatic nitrogens is 1. The van der Waals surface area contributed by atoms with Gasteiger partial charge in [-0.3, -0.25) is 9.59 Å². The minimum atomic E-state index is -0.384. The average Bonchev–Trinajstić information content (AvgIpc) is 2.93. The molecular weight excluding hydrogens is 348 g/mol. The van der Waals surface area contributed by atoms with E-state index in [-0.39, 0.29) is 18.4 Å². The number of thiazole rings is 1. The van der Waals surface area contributed by atoms with Crippen LogP contribution < -0.4 is 4.80 Å². The molecule has 0 atom stereocenters. The van der Waals surface area contributed by atoms with Crippen molar-refractivity contribution in [1.29, 1.82) is 0 Å². The third-order valence-corrected chi connectivity index (χ3v) is 5.35. The highest BCUT2D eigenvalue weighted by molar-refractivity contribution is 7.16. The van der Waals surface area contributed by atoms with Crippen molar-refractivity contribution in [2.45, 2.75) is 27.3 Å². The van der Waals surface area contributed by atoms with E-state index in [4.69, 9.17) is 4.74 Å². The van der Waals surface area contributed by atoms with E-state index in [1.165, 1.54) is 18.4 Å². The highest BCUT2D eigenvalue weighted by Gasteiger charge is 2.13. The molecule has 1 amide bonds. The molecule has 0 aliphatic heterocycles. The van der Waals surface area contributed by atoms with E-state index in [2.05, 4.69) is 4.99 Å². The maximum atomic E-state index is 12.6. The van der Waals surface area contributed by atoms with Crippen LogP contribution in [-0.4, -0.2) is 23.6 Å². The Morgan fingerprint density at radius 3 is 2.54 bits per heavy atom. The lowest BCUT2D eigenvalue weighted by Gasteiger charge is -2.04. The number of rotatable bonds is 3. The summed E-state index contributed by atoms with van der Waals surface area (Å²) in [4.78, 5) is 29.2. The second-order valence-corrected chi connectivity index (χ2v) is 7.24. The van der Waals surface area contributed by atoms with Crippen LogP contribution >= 0.6 is 11.3 Å². The molecule has 2 aromatic carbocycles. The van der Waals surface area contributed by atoms with E-state index in [0.29, 0.717) is 10.4 Å². The van der Waals surface area contributed by atoms with Gasteiger partial charge in [0.15, 0.2) is 4.80 Å². The van der Waals surface area contributed by atoms with Crippen LogP contribution in [0.1, 0.15) is 27.0 Å². The third-order valence-electron chi connectivity index (χ3n) is 4.30. The van der Waals surface area contributed by atoms with Crippen molar-refractivity contribution in [3.05, 3.63) is 63.5 Å². The maximum Gasteiger partial charge on any atom is 0.325 e. The van der Waals surface area contributed by atoms with Gasteiger partial charge in [-0.25, -0.2) is 0 Å². The van der Waals surface area contributed by atoms with E-state index < -0.39 is 0 Å². The van der Waals surface area contributed by atoms with Crippen LogP contribution in [0.25, 0.3) is 10.2 Å². The van der Waals surface area contributed by atoms with Crippen molar-refractivity contribution in [3.8, 4) is 0 Å². The molecular formula is C20H20N2O3S. The molecule has 6 heteroatoms. The minimum Gasteiger partial charge on any atom is -0.468 e. The SMILES string of the molecule is COC(=O)Cn1c(=NC(=O)c2ccc(C)c(C)c2)sc2cc(C)ccc21. The molecule has 0 fully saturated rings. The zero-order valence-corrected chi connectivity index (χ0v) is 16.0. The Morgan fingerprint density at radius 2 is 1.85 bits per heavy atom. The zero-order chi connectivity index (χ0) is 18.8. The molecule has 0 saturated carbocycles. The molecule has 0 aliphatic rings. The number of hydrogen-bond acceptors (Lipinski definition) is 4. The summed E-state index contributed by atoms with van der Waals surface area (Å²) in [7, 11) is 1.35. The zero-order valence-electron chi connectivity index (χ0n) is 15.2. The molecule has 26 heavy (non-hydrogen) atoms. The second kappa shape index (κ2) is 7.25. The van der Waals surface area contributed by atoms with Crippen molar-refractivity contribution in [1.82, 2.24) is 4.57 Å². The fraction of sp³-hybridized carbons (Fsp3) is 0.250. The molecule has 0 spiro atoms. The molecule has 1 aromatic heterocycles. The molecule has 5 nitrogen and oxygen atoms in total. The van der Waals surface area contributed by atoms with Crippen LogP contribution in [0.3, 0.4) is 0 Å². The molecule has 0 saturated heterocycles. The van der Waals surface area contributed by atoms with E-state index in [1.807, 2.05) is 51.1 Å². The number of amides is 1. The summed E-state index contributed by atoms with van der Waals surface area (Å²) in [6.45, 7) is 5.98. The van der Waals surface area contributed by atoms with Crippen LogP contribution in [-0.2, 0) is 16.1 Å². The predicted octanol–water partition coefficient (Wildman–Crippen LogP) is 3.54. The van der Waals surface area contributed by atoms with E-state index in [0.717, 1.165) is 26.9 Å². The fourth-order valence-electron chi connectivity index (χ4n) is 2.64. The second-order valence-electron chi connectivity index (χ2n) is 6.23. The Kier molecular flexibility index (Phi) is 5.04. The van der Waals surface area contributed by atoms with Crippen LogP contribution in [0.5, 0.6) is 0 Å². The molecule has 0 bridgehead atoms. The van der Waals surface area contributed by atoms with Crippen molar-refractivity contribution in [2.24, 2.45) is 4.99 Å². The quantitative estimate of drug-likeness (QED) is 0.664. The topological polar surface area (TPSA) is 60.7 Å². The first-order valence-electron chi connectivity index (χ1n) is 8.22. The summed E-state index contributed by atoms with van der Waals surface area (Å²) in [6, 6.07) is 11.4. The van der Waals surface area contributed by atoms with Gasteiger partial charge >= 0.3 is 5.97 Å². The highest BCUT2D eigenvalue weighted by Crippen LogP contribution is 2.19. The number of nitrogens with zero attached hydrogens (tertiary/aromatic N) is 2. The van der Waals surface area contributed by atoms with E-state index in [1.54, 1.807) is 10.6 Å². The lowest BCUT2D eigenvalue weighted by Crippen LogP contribution is -2.22. The summed E-state index contributed by atoms with van der Waals surface area (Å²) >= 11 is 1.39. The number of fused-ring (bicyclic) bond motifs is 1. The van der Waals surface area contributed by atoms with Gasteiger partial charge < -0.3 is 9.30 Å². The Hall–Kier alpha value is -2.73. The Bertz CT molecular complexity index is 1080. The van der Waals surface area contributed by atoms with Crippen molar-refractivity contribution in [3.63, 3.8) is 0 Å². The van der Waals surface area contributed by atoms with Crippen LogP contribution in [0, 0.1) is 20.8 Å². The third kappa shape index (κ3) is 3.60. The molecule has 0 radical (unpaired) electrons. The number of carbonyl (C=O) groups is 2. The first kappa shape index (κ1) is 18.1. The number of benzene rings is 2. The highest BCUT2D eigenvalue weighted by atomic mass is 32.1. The van der Waals surface area contributed by atoms with Crippen molar-refractivity contribution < 1.29 is 14.3 Å². The molecule has 3 rings (SSSR count). The largest absolute Gasteiger partial charge is 0.468 e. The first-order valence-corrected chi connectivity index (χ1v) is 9.04. The Labute approximate surface area is 155 Å². The van der Waals surface area contributed by atoms with Crippen LogP contribution in [0.4, 0.5) is 0 Å². The standard InChI is InChI=1S/C20H20N2O3S/c1-12-5-8-16-17(9-12)26-20(22(16)11-18(23)25-4)21-19(24)15-7-6-13(2)14(3)10-15/h5-10H,11H2,1-4H3. The monoisotopic (exact) mass is 368 g/mol. The van der Waals surface area contributed by atoms with Gasteiger partial charge in [0.1, 0.15) is 6.54 Å². The fourth-order valence-corrected chi connectivity index (χ4v) is 3.76. The Morgan fingerprint density at radius 1 is 1.08 bits per heavy atom. The average molecular weight is 368 g/mol. The summed E-state index contributed by atoms with van der Waals surface area (Å²) < 4.78 is 7.49. The van der Waals surface area contributed by atoms with Gasteiger partial charge in [0.25, 0.3) is 5.91 Å². The van der Waals surface area contributed by atoms with E-state index >= 15 is 0 Å². The normalized spacial score (nSPS) is 11.8. The summed E-state index contributed by atoms with van der Waals surface area (Å²) in [6.07, 6.45) is 0. The molecule has 0 unspecified atom stereocenters. The van der Waals surface area contributed by atoms with Crippen molar-refractivity contribution in [2.75, 3.05) is 7.11 Å². The molecule has 3 aromatic rings. The van der Waals surface area contributed by atoms with Gasteiger partial charge in [0, 0.05) is 5.56 Å². The Balaban J connectivity index is 2.13. The van der Waals surface area contributed by atoms with Gasteiger partial charge in [-0.05, 0) is 61.7 Å². The van der Waals surface area contributed by atoms with Gasteiger partial charge in [-0.1, -0.05) is 23.5 Å². The van der Waals surface area contributed by atoms with Gasteiger partial charge in [-0.15, -0.1) is 0 Å². The predicted molar refractivity (Wildman–Crippen MR) is 102 cm³/mol. The number of hydrogen-bond donors (Lipinski definition) is 0. The van der Waals surface area contributed by atoms with Crippen molar-refractivity contribution >= 4 is 33.4 Å². The molecule has 0 N–H and O–H groups in total. The number of aryl methyl sites for hydroxylation is 3. The summed E-state index contributed by atoms with van der Waals surface area (Å²) in [5, 5.41) is 0.